The smallest absolute Gasteiger partial charge is 0.336 e. The van der Waals surface area contributed by atoms with Gasteiger partial charge in [-0.1, -0.05) is 0 Å². The molecule has 1 saturated heterocycles. The zero-order chi connectivity index (χ0) is 12.4. The van der Waals surface area contributed by atoms with E-state index in [4.69, 9.17) is 5.11 Å². The maximum Gasteiger partial charge on any atom is 0.336 e. The van der Waals surface area contributed by atoms with Gasteiger partial charge in [0.1, 0.15) is 5.82 Å². The fraction of sp³-hybridized carbons (Fsp3) is 0.462. The first kappa shape index (κ1) is 12.0. The molecule has 2 N–H and O–H groups in total. The van der Waals surface area contributed by atoms with Crippen molar-refractivity contribution >= 4 is 5.97 Å². The lowest BCUT2D eigenvalue weighted by molar-refractivity contribution is 0.0695. The fourth-order valence-electron chi connectivity index (χ4n) is 2.29. The fourth-order valence-corrected chi connectivity index (χ4v) is 2.29. The van der Waals surface area contributed by atoms with E-state index in [0.717, 1.165) is 31.5 Å². The standard InChI is InChI=1S/C13H16FNO2/c1-8-11(13(16)17)5-10(6-12(8)14)9-3-2-4-15-7-9/h5-6,9,15H,2-4,7H2,1H3,(H,16,17). The summed E-state index contributed by atoms with van der Waals surface area (Å²) in [6, 6.07) is 3.08. The van der Waals surface area contributed by atoms with Gasteiger partial charge < -0.3 is 10.4 Å². The third-order valence-corrected chi connectivity index (χ3v) is 3.37. The molecule has 1 unspecified atom stereocenters. The number of nitrogens with one attached hydrogen (secondary N) is 1. The maximum absolute atomic E-state index is 13.7. The number of aromatic carboxylic acids is 1. The van der Waals surface area contributed by atoms with E-state index >= 15 is 0 Å². The van der Waals surface area contributed by atoms with E-state index < -0.39 is 11.8 Å². The highest BCUT2D eigenvalue weighted by Gasteiger charge is 2.19. The Hall–Kier alpha value is -1.42. The highest BCUT2D eigenvalue weighted by Crippen LogP contribution is 2.26. The van der Waals surface area contributed by atoms with Crippen molar-refractivity contribution in [3.8, 4) is 0 Å². The molecule has 0 radical (unpaired) electrons. The highest BCUT2D eigenvalue weighted by atomic mass is 19.1. The van der Waals surface area contributed by atoms with E-state index in [-0.39, 0.29) is 17.0 Å². The van der Waals surface area contributed by atoms with Crippen molar-refractivity contribution in [2.24, 2.45) is 0 Å². The Morgan fingerprint density at radius 3 is 2.88 bits per heavy atom. The maximum atomic E-state index is 13.7. The van der Waals surface area contributed by atoms with E-state index in [9.17, 15) is 9.18 Å². The van der Waals surface area contributed by atoms with Crippen LogP contribution in [0.1, 0.15) is 40.2 Å². The normalized spacial score (nSPS) is 20.2. The number of carboxylic acid groups (broad SMARTS) is 1. The second-order valence-corrected chi connectivity index (χ2v) is 4.52. The van der Waals surface area contributed by atoms with Crippen LogP contribution in [-0.2, 0) is 0 Å². The van der Waals surface area contributed by atoms with Crippen LogP contribution in [0.15, 0.2) is 12.1 Å². The van der Waals surface area contributed by atoms with Crippen LogP contribution in [-0.4, -0.2) is 24.2 Å². The van der Waals surface area contributed by atoms with Gasteiger partial charge in [-0.3, -0.25) is 0 Å². The Morgan fingerprint density at radius 2 is 2.29 bits per heavy atom. The van der Waals surface area contributed by atoms with Gasteiger partial charge >= 0.3 is 5.97 Å². The highest BCUT2D eigenvalue weighted by molar-refractivity contribution is 5.89. The van der Waals surface area contributed by atoms with E-state index in [2.05, 4.69) is 5.32 Å². The lowest BCUT2D eigenvalue weighted by atomic mass is 9.89. The molecule has 1 atom stereocenters. The number of carbonyl (C=O) groups is 1. The topological polar surface area (TPSA) is 49.3 Å². The van der Waals surface area contributed by atoms with E-state index in [1.807, 2.05) is 0 Å². The summed E-state index contributed by atoms with van der Waals surface area (Å²) in [5, 5.41) is 12.3. The molecule has 17 heavy (non-hydrogen) atoms. The molecule has 1 aromatic carbocycles. The van der Waals surface area contributed by atoms with Crippen LogP contribution < -0.4 is 5.32 Å². The molecule has 2 rings (SSSR count). The average Bonchev–Trinajstić information content (AvgIpc) is 2.33. The number of carboxylic acids is 1. The molecule has 1 fully saturated rings. The molecule has 0 aromatic heterocycles. The Bertz CT molecular complexity index is 439. The number of benzene rings is 1. The second-order valence-electron chi connectivity index (χ2n) is 4.52. The summed E-state index contributed by atoms with van der Waals surface area (Å²) < 4.78 is 13.7. The van der Waals surface area contributed by atoms with Crippen molar-refractivity contribution in [1.82, 2.24) is 5.32 Å². The van der Waals surface area contributed by atoms with E-state index in [0.29, 0.717) is 0 Å². The quantitative estimate of drug-likeness (QED) is 0.829. The summed E-state index contributed by atoms with van der Waals surface area (Å²) in [6.07, 6.45) is 2.02. The molecule has 0 amide bonds. The van der Waals surface area contributed by atoms with Gasteiger partial charge in [0, 0.05) is 6.54 Å². The molecule has 1 aliphatic heterocycles. The molecule has 0 bridgehead atoms. The minimum absolute atomic E-state index is 0.0746. The van der Waals surface area contributed by atoms with E-state index in [1.54, 1.807) is 6.07 Å². The average molecular weight is 237 g/mol. The summed E-state index contributed by atoms with van der Waals surface area (Å²) in [5.74, 6) is -1.27. The van der Waals surface area contributed by atoms with Gasteiger partial charge in [-0.2, -0.15) is 0 Å². The Labute approximate surface area is 99.7 Å². The van der Waals surface area contributed by atoms with Gasteiger partial charge in [-0.05, 0) is 55.5 Å². The van der Waals surface area contributed by atoms with Crippen molar-refractivity contribution in [2.75, 3.05) is 13.1 Å². The van der Waals surface area contributed by atoms with Crippen molar-refractivity contribution in [3.63, 3.8) is 0 Å². The number of hydrogen-bond acceptors (Lipinski definition) is 2. The molecule has 0 saturated carbocycles. The predicted molar refractivity (Wildman–Crippen MR) is 62.9 cm³/mol. The third kappa shape index (κ3) is 2.47. The zero-order valence-electron chi connectivity index (χ0n) is 9.79. The van der Waals surface area contributed by atoms with Gasteiger partial charge in [0.05, 0.1) is 5.56 Å². The molecule has 4 heteroatoms. The van der Waals surface area contributed by atoms with Gasteiger partial charge in [0.25, 0.3) is 0 Å². The zero-order valence-corrected chi connectivity index (χ0v) is 9.79. The predicted octanol–water partition coefficient (Wildman–Crippen LogP) is 2.30. The molecule has 0 spiro atoms. The van der Waals surface area contributed by atoms with Crippen LogP contribution in [0.4, 0.5) is 4.39 Å². The summed E-state index contributed by atoms with van der Waals surface area (Å²) in [6.45, 7) is 3.28. The monoisotopic (exact) mass is 237 g/mol. The van der Waals surface area contributed by atoms with Gasteiger partial charge in [0.2, 0.25) is 0 Å². The van der Waals surface area contributed by atoms with Gasteiger partial charge in [0.15, 0.2) is 0 Å². The number of hydrogen-bond donors (Lipinski definition) is 2. The number of rotatable bonds is 2. The molecular weight excluding hydrogens is 221 g/mol. The summed E-state index contributed by atoms with van der Waals surface area (Å²) in [7, 11) is 0. The van der Waals surface area contributed by atoms with Crippen molar-refractivity contribution in [3.05, 3.63) is 34.6 Å². The lowest BCUT2D eigenvalue weighted by Gasteiger charge is -2.23. The molecule has 1 aliphatic rings. The van der Waals surface area contributed by atoms with Crippen LogP contribution >= 0.6 is 0 Å². The Kier molecular flexibility index (Phi) is 3.43. The minimum Gasteiger partial charge on any atom is -0.478 e. The first-order chi connectivity index (χ1) is 8.09. The van der Waals surface area contributed by atoms with Crippen LogP contribution in [0.3, 0.4) is 0 Å². The largest absolute Gasteiger partial charge is 0.478 e. The first-order valence-corrected chi connectivity index (χ1v) is 5.83. The SMILES string of the molecule is Cc1c(F)cc(C2CCCNC2)cc1C(=O)O. The summed E-state index contributed by atoms with van der Waals surface area (Å²) >= 11 is 0. The first-order valence-electron chi connectivity index (χ1n) is 5.83. The lowest BCUT2D eigenvalue weighted by Crippen LogP contribution is -2.28. The third-order valence-electron chi connectivity index (χ3n) is 3.37. The van der Waals surface area contributed by atoms with E-state index in [1.165, 1.54) is 13.0 Å². The van der Waals surface area contributed by atoms with Crippen LogP contribution in [0.25, 0.3) is 0 Å². The molecule has 3 nitrogen and oxygen atoms in total. The van der Waals surface area contributed by atoms with Crippen LogP contribution in [0.2, 0.25) is 0 Å². The molecule has 0 aliphatic carbocycles. The number of halogens is 1. The minimum atomic E-state index is -1.06. The van der Waals surface area contributed by atoms with Gasteiger partial charge in [-0.15, -0.1) is 0 Å². The molecule has 92 valence electrons. The van der Waals surface area contributed by atoms with Crippen molar-refractivity contribution in [2.45, 2.75) is 25.7 Å². The molecule has 1 aromatic rings. The van der Waals surface area contributed by atoms with Crippen molar-refractivity contribution in [1.29, 1.82) is 0 Å². The Morgan fingerprint density at radius 1 is 1.53 bits per heavy atom. The number of piperidine rings is 1. The molecular formula is C13H16FNO2. The van der Waals surface area contributed by atoms with Crippen LogP contribution in [0.5, 0.6) is 0 Å². The van der Waals surface area contributed by atoms with Gasteiger partial charge in [-0.25, -0.2) is 9.18 Å². The summed E-state index contributed by atoms with van der Waals surface area (Å²) in [4.78, 5) is 11.0. The summed E-state index contributed by atoms with van der Waals surface area (Å²) in [5.41, 5.74) is 1.08. The Balaban J connectivity index is 2.37. The van der Waals surface area contributed by atoms with Crippen molar-refractivity contribution < 1.29 is 14.3 Å². The second kappa shape index (κ2) is 4.84. The molecule has 1 heterocycles. The van der Waals surface area contributed by atoms with Crippen LogP contribution in [0, 0.1) is 12.7 Å².